The Balaban J connectivity index is 1.31. The van der Waals surface area contributed by atoms with Crippen LogP contribution in [0.3, 0.4) is 0 Å². The minimum Gasteiger partial charge on any atom is -0.307 e. The van der Waals surface area contributed by atoms with E-state index in [4.69, 9.17) is 0 Å². The SMILES string of the molecule is CC1(C)c2ccccc2-c2c(-c3c4ccccc4c(N4c5ccccc5Sc5ccccc54)c4ccc(-c5cccc6ccccc56)cc34)cccc21. The molecule has 0 unspecified atom stereocenters. The summed E-state index contributed by atoms with van der Waals surface area (Å²) in [7, 11) is 0. The van der Waals surface area contributed by atoms with Gasteiger partial charge >= 0.3 is 0 Å². The summed E-state index contributed by atoms with van der Waals surface area (Å²) < 4.78 is 0. The third-order valence-electron chi connectivity index (χ3n) is 11.6. The molecule has 1 nitrogen and oxygen atoms in total. The number of nitrogens with zero attached hydrogens (tertiary/aromatic N) is 1. The monoisotopic (exact) mass is 693 g/mol. The Morgan fingerprint density at radius 1 is 0.415 bits per heavy atom. The molecule has 0 bridgehead atoms. The van der Waals surface area contributed by atoms with Crippen molar-refractivity contribution in [2.24, 2.45) is 0 Å². The van der Waals surface area contributed by atoms with Crippen LogP contribution in [-0.4, -0.2) is 0 Å². The van der Waals surface area contributed by atoms with Crippen LogP contribution in [0.5, 0.6) is 0 Å². The molecule has 1 heterocycles. The quantitative estimate of drug-likeness (QED) is 0.170. The zero-order chi connectivity index (χ0) is 35.3. The predicted octanol–water partition coefficient (Wildman–Crippen LogP) is 14.7. The van der Waals surface area contributed by atoms with Gasteiger partial charge in [-0.3, -0.25) is 0 Å². The molecule has 2 aliphatic rings. The summed E-state index contributed by atoms with van der Waals surface area (Å²) in [6.07, 6.45) is 0. The normalized spacial score (nSPS) is 13.9. The molecule has 0 spiro atoms. The van der Waals surface area contributed by atoms with Crippen molar-refractivity contribution >= 4 is 61.1 Å². The van der Waals surface area contributed by atoms with Gasteiger partial charge < -0.3 is 4.90 Å². The summed E-state index contributed by atoms with van der Waals surface area (Å²) in [5.41, 5.74) is 14.1. The molecule has 0 amide bonds. The first-order valence-electron chi connectivity index (χ1n) is 18.4. The standard InChI is InChI=1S/C51H35NS/c1-51(2)42-23-8-7-20-39(42)49-40(22-14-24-43(49)51)48-36-18-5-6-19-37(36)50(52-44-25-9-11-27-46(44)53-47-28-12-10-26-45(47)52)38-30-29-33(31-41(38)48)35-21-13-16-32-15-3-4-17-34(32)35/h3-31H,1-2H3. The van der Waals surface area contributed by atoms with Crippen LogP contribution in [0.15, 0.2) is 186 Å². The van der Waals surface area contributed by atoms with Crippen molar-refractivity contribution in [3.63, 3.8) is 0 Å². The average molecular weight is 694 g/mol. The molecule has 9 aromatic carbocycles. The Kier molecular flexibility index (Phi) is 6.60. The molecular formula is C51H35NS. The van der Waals surface area contributed by atoms with Crippen LogP contribution in [0.4, 0.5) is 17.1 Å². The van der Waals surface area contributed by atoms with E-state index in [1.807, 2.05) is 11.8 Å². The van der Waals surface area contributed by atoms with Crippen molar-refractivity contribution in [3.8, 4) is 33.4 Å². The van der Waals surface area contributed by atoms with Gasteiger partial charge in [0.15, 0.2) is 0 Å². The smallest absolute Gasteiger partial charge is 0.0619 e. The van der Waals surface area contributed by atoms with Gasteiger partial charge in [-0.1, -0.05) is 171 Å². The Morgan fingerprint density at radius 2 is 0.981 bits per heavy atom. The average Bonchev–Trinajstić information content (AvgIpc) is 3.45. The third-order valence-corrected chi connectivity index (χ3v) is 12.8. The molecule has 9 aromatic rings. The van der Waals surface area contributed by atoms with Crippen molar-refractivity contribution < 1.29 is 0 Å². The van der Waals surface area contributed by atoms with Crippen LogP contribution in [-0.2, 0) is 5.41 Å². The van der Waals surface area contributed by atoms with Crippen LogP contribution in [0.2, 0.25) is 0 Å². The van der Waals surface area contributed by atoms with Crippen molar-refractivity contribution in [2.75, 3.05) is 4.90 Å². The van der Waals surface area contributed by atoms with E-state index in [9.17, 15) is 0 Å². The third kappa shape index (κ3) is 4.40. The van der Waals surface area contributed by atoms with Crippen LogP contribution in [0.1, 0.15) is 25.0 Å². The van der Waals surface area contributed by atoms with Crippen LogP contribution < -0.4 is 4.90 Å². The summed E-state index contributed by atoms with van der Waals surface area (Å²) in [4.78, 5) is 5.06. The minimum absolute atomic E-state index is 0.0967. The van der Waals surface area contributed by atoms with E-state index >= 15 is 0 Å². The second-order valence-corrected chi connectivity index (χ2v) is 15.9. The van der Waals surface area contributed by atoms with Gasteiger partial charge in [0.25, 0.3) is 0 Å². The van der Waals surface area contributed by atoms with Gasteiger partial charge in [-0.05, 0) is 96.4 Å². The van der Waals surface area contributed by atoms with Crippen LogP contribution in [0.25, 0.3) is 65.7 Å². The summed E-state index contributed by atoms with van der Waals surface area (Å²) in [6.45, 7) is 4.76. The first kappa shape index (κ1) is 30.5. The summed E-state index contributed by atoms with van der Waals surface area (Å²) in [5.74, 6) is 0. The molecule has 250 valence electrons. The Hall–Kier alpha value is -6.09. The van der Waals surface area contributed by atoms with E-state index in [1.165, 1.54) is 104 Å². The molecule has 0 radical (unpaired) electrons. The van der Waals surface area contributed by atoms with Crippen molar-refractivity contribution in [2.45, 2.75) is 29.1 Å². The maximum atomic E-state index is 2.53. The highest BCUT2D eigenvalue weighted by molar-refractivity contribution is 7.99. The second-order valence-electron chi connectivity index (χ2n) is 14.8. The number of hydrogen-bond acceptors (Lipinski definition) is 2. The zero-order valence-corrected chi connectivity index (χ0v) is 30.4. The lowest BCUT2D eigenvalue weighted by Gasteiger charge is -2.35. The Labute approximate surface area is 314 Å². The minimum atomic E-state index is -0.0967. The number of fused-ring (bicyclic) bond motifs is 8. The number of rotatable bonds is 3. The highest BCUT2D eigenvalue weighted by Crippen LogP contribution is 2.58. The molecule has 1 aliphatic heterocycles. The molecule has 1 aliphatic carbocycles. The molecule has 0 fully saturated rings. The topological polar surface area (TPSA) is 3.24 Å². The first-order chi connectivity index (χ1) is 26.1. The molecule has 0 atom stereocenters. The highest BCUT2D eigenvalue weighted by atomic mass is 32.2. The molecular weight excluding hydrogens is 659 g/mol. The van der Waals surface area contributed by atoms with E-state index in [0.717, 1.165) is 0 Å². The lowest BCUT2D eigenvalue weighted by molar-refractivity contribution is 0.660. The van der Waals surface area contributed by atoms with Gasteiger partial charge in [-0.25, -0.2) is 0 Å². The van der Waals surface area contributed by atoms with Crippen molar-refractivity contribution in [3.05, 3.63) is 187 Å². The second kappa shape index (κ2) is 11.5. The van der Waals surface area contributed by atoms with Gasteiger partial charge in [0, 0.05) is 26.0 Å². The largest absolute Gasteiger partial charge is 0.307 e. The number of hydrogen-bond donors (Lipinski definition) is 0. The fraction of sp³-hybridized carbons (Fsp3) is 0.0588. The van der Waals surface area contributed by atoms with Crippen molar-refractivity contribution in [1.82, 2.24) is 0 Å². The molecule has 2 heteroatoms. The molecule has 0 saturated carbocycles. The number of anilines is 3. The molecule has 0 aromatic heterocycles. The molecule has 53 heavy (non-hydrogen) atoms. The zero-order valence-electron chi connectivity index (χ0n) is 29.6. The molecule has 0 saturated heterocycles. The summed E-state index contributed by atoms with van der Waals surface area (Å²) in [5, 5.41) is 7.52. The predicted molar refractivity (Wildman–Crippen MR) is 226 cm³/mol. The van der Waals surface area contributed by atoms with Gasteiger partial charge in [-0.15, -0.1) is 0 Å². The van der Waals surface area contributed by atoms with Gasteiger partial charge in [0.1, 0.15) is 0 Å². The summed E-state index contributed by atoms with van der Waals surface area (Å²) in [6, 6.07) is 65.5. The van der Waals surface area contributed by atoms with E-state index in [-0.39, 0.29) is 5.41 Å². The first-order valence-corrected chi connectivity index (χ1v) is 19.3. The Bertz CT molecular complexity index is 2920. The van der Waals surface area contributed by atoms with E-state index < -0.39 is 0 Å². The Morgan fingerprint density at radius 3 is 1.79 bits per heavy atom. The number of para-hydroxylation sites is 2. The fourth-order valence-electron chi connectivity index (χ4n) is 9.24. The van der Waals surface area contributed by atoms with E-state index in [0.29, 0.717) is 0 Å². The van der Waals surface area contributed by atoms with Gasteiger partial charge in [-0.2, -0.15) is 0 Å². The van der Waals surface area contributed by atoms with E-state index in [2.05, 4.69) is 195 Å². The highest BCUT2D eigenvalue weighted by Gasteiger charge is 2.37. The molecule has 11 rings (SSSR count). The van der Waals surface area contributed by atoms with Crippen molar-refractivity contribution in [1.29, 1.82) is 0 Å². The lowest BCUT2D eigenvalue weighted by Crippen LogP contribution is -2.16. The fourth-order valence-corrected chi connectivity index (χ4v) is 10.3. The van der Waals surface area contributed by atoms with Crippen LogP contribution in [0, 0.1) is 0 Å². The summed E-state index contributed by atoms with van der Waals surface area (Å²) >= 11 is 1.86. The maximum absolute atomic E-state index is 2.53. The maximum Gasteiger partial charge on any atom is 0.0619 e. The lowest BCUT2D eigenvalue weighted by atomic mass is 9.81. The van der Waals surface area contributed by atoms with Crippen LogP contribution >= 0.6 is 11.8 Å². The number of benzene rings is 9. The van der Waals surface area contributed by atoms with Gasteiger partial charge in [0.2, 0.25) is 0 Å². The molecule has 0 N–H and O–H groups in total. The van der Waals surface area contributed by atoms with E-state index in [1.54, 1.807) is 0 Å². The van der Waals surface area contributed by atoms with Gasteiger partial charge in [0.05, 0.1) is 17.1 Å².